The van der Waals surface area contributed by atoms with Crippen molar-refractivity contribution in [3.63, 3.8) is 0 Å². The molecule has 106 valence electrons. The van der Waals surface area contributed by atoms with Crippen LogP contribution in [0, 0.1) is 21.4 Å². The number of nitrogens with zero attached hydrogens (tertiary/aromatic N) is 3. The second kappa shape index (κ2) is 6.45. The zero-order valence-corrected chi connectivity index (χ0v) is 10.9. The number of nitro groups is 1. The SMILES string of the molecule is N#Cc1cnc(Oc2ccc(CCO)cc2)c([N+](=O)[O-])c1. The first-order valence-corrected chi connectivity index (χ1v) is 6.06. The van der Waals surface area contributed by atoms with Gasteiger partial charge in [0.15, 0.2) is 0 Å². The average molecular weight is 285 g/mol. The Morgan fingerprint density at radius 1 is 1.38 bits per heavy atom. The molecule has 21 heavy (non-hydrogen) atoms. The van der Waals surface area contributed by atoms with Crippen molar-refractivity contribution in [3.05, 3.63) is 57.8 Å². The van der Waals surface area contributed by atoms with Crippen LogP contribution in [0.25, 0.3) is 0 Å². The summed E-state index contributed by atoms with van der Waals surface area (Å²) in [5, 5.41) is 28.5. The molecule has 0 aliphatic rings. The van der Waals surface area contributed by atoms with Gasteiger partial charge in [0, 0.05) is 18.9 Å². The molecule has 0 radical (unpaired) electrons. The van der Waals surface area contributed by atoms with E-state index in [1.807, 2.05) is 0 Å². The van der Waals surface area contributed by atoms with Crippen LogP contribution in [-0.2, 0) is 6.42 Å². The Hall–Kier alpha value is -2.98. The van der Waals surface area contributed by atoms with Crippen LogP contribution in [0.1, 0.15) is 11.1 Å². The molecule has 0 saturated heterocycles. The number of aliphatic hydroxyl groups is 1. The second-order valence-electron chi connectivity index (χ2n) is 4.14. The molecule has 0 bridgehead atoms. The molecule has 0 amide bonds. The van der Waals surface area contributed by atoms with Gasteiger partial charge in [-0.2, -0.15) is 5.26 Å². The molecule has 1 aromatic carbocycles. The minimum atomic E-state index is -0.650. The lowest BCUT2D eigenvalue weighted by atomic mass is 10.1. The van der Waals surface area contributed by atoms with Crippen molar-refractivity contribution < 1.29 is 14.8 Å². The maximum atomic E-state index is 11.0. The van der Waals surface area contributed by atoms with Crippen LogP contribution in [0.5, 0.6) is 11.6 Å². The predicted molar refractivity (Wildman–Crippen MR) is 72.9 cm³/mol. The molecule has 1 aromatic heterocycles. The van der Waals surface area contributed by atoms with Gasteiger partial charge >= 0.3 is 5.69 Å². The van der Waals surface area contributed by atoms with E-state index in [9.17, 15) is 10.1 Å². The van der Waals surface area contributed by atoms with Crippen molar-refractivity contribution in [1.29, 1.82) is 5.26 Å². The van der Waals surface area contributed by atoms with E-state index in [4.69, 9.17) is 15.1 Å². The van der Waals surface area contributed by atoms with Crippen LogP contribution in [0.4, 0.5) is 5.69 Å². The number of hydrogen-bond donors (Lipinski definition) is 1. The lowest BCUT2D eigenvalue weighted by Gasteiger charge is -2.06. The van der Waals surface area contributed by atoms with Crippen molar-refractivity contribution in [1.82, 2.24) is 4.98 Å². The monoisotopic (exact) mass is 285 g/mol. The van der Waals surface area contributed by atoms with Crippen molar-refractivity contribution in [2.75, 3.05) is 6.61 Å². The maximum Gasteiger partial charge on any atom is 0.332 e. The number of rotatable bonds is 5. The molecule has 0 aliphatic carbocycles. The fourth-order valence-corrected chi connectivity index (χ4v) is 1.68. The third kappa shape index (κ3) is 3.52. The molecule has 0 unspecified atom stereocenters. The Kier molecular flexibility index (Phi) is 4.43. The summed E-state index contributed by atoms with van der Waals surface area (Å²) in [6.45, 7) is 0.0445. The first kappa shape index (κ1) is 14.4. The van der Waals surface area contributed by atoms with Gasteiger partial charge in [-0.15, -0.1) is 0 Å². The Morgan fingerprint density at radius 3 is 2.67 bits per heavy atom. The van der Waals surface area contributed by atoms with Gasteiger partial charge in [-0.1, -0.05) is 12.1 Å². The number of aliphatic hydroxyl groups excluding tert-OH is 1. The van der Waals surface area contributed by atoms with Crippen molar-refractivity contribution >= 4 is 5.69 Å². The molecule has 0 aliphatic heterocycles. The number of hydrogen-bond acceptors (Lipinski definition) is 6. The largest absolute Gasteiger partial charge is 0.434 e. The highest BCUT2D eigenvalue weighted by molar-refractivity contribution is 5.48. The number of benzene rings is 1. The van der Waals surface area contributed by atoms with Gasteiger partial charge in [0.2, 0.25) is 0 Å². The molecule has 7 heteroatoms. The van der Waals surface area contributed by atoms with Crippen LogP contribution in [0.3, 0.4) is 0 Å². The first-order valence-electron chi connectivity index (χ1n) is 6.06. The third-order valence-electron chi connectivity index (χ3n) is 2.70. The number of ether oxygens (including phenoxy) is 1. The number of nitriles is 1. The Balaban J connectivity index is 2.26. The molecule has 0 spiro atoms. The van der Waals surface area contributed by atoms with E-state index in [2.05, 4.69) is 4.98 Å². The van der Waals surface area contributed by atoms with E-state index in [1.54, 1.807) is 30.3 Å². The lowest BCUT2D eigenvalue weighted by molar-refractivity contribution is -0.386. The van der Waals surface area contributed by atoms with E-state index >= 15 is 0 Å². The summed E-state index contributed by atoms with van der Waals surface area (Å²) >= 11 is 0. The lowest BCUT2D eigenvalue weighted by Crippen LogP contribution is -1.97. The van der Waals surface area contributed by atoms with Gasteiger partial charge < -0.3 is 9.84 Å². The summed E-state index contributed by atoms with van der Waals surface area (Å²) in [5.41, 5.74) is 0.646. The van der Waals surface area contributed by atoms with Gasteiger partial charge in [0.25, 0.3) is 5.88 Å². The number of pyridine rings is 1. The zero-order chi connectivity index (χ0) is 15.2. The smallest absolute Gasteiger partial charge is 0.332 e. The van der Waals surface area contributed by atoms with Crippen LogP contribution < -0.4 is 4.74 Å². The molecule has 7 nitrogen and oxygen atoms in total. The van der Waals surface area contributed by atoms with E-state index < -0.39 is 4.92 Å². The summed E-state index contributed by atoms with van der Waals surface area (Å²) in [6.07, 6.45) is 1.73. The van der Waals surface area contributed by atoms with Gasteiger partial charge in [-0.25, -0.2) is 4.98 Å². The van der Waals surface area contributed by atoms with Gasteiger partial charge in [-0.3, -0.25) is 10.1 Å². The molecule has 2 aromatic rings. The summed E-state index contributed by atoms with van der Waals surface area (Å²) in [7, 11) is 0. The molecule has 1 heterocycles. The van der Waals surface area contributed by atoms with Gasteiger partial charge in [-0.05, 0) is 24.1 Å². The van der Waals surface area contributed by atoms with Crippen LogP contribution in [0.15, 0.2) is 36.5 Å². The second-order valence-corrected chi connectivity index (χ2v) is 4.14. The highest BCUT2D eigenvalue weighted by atomic mass is 16.6. The summed E-state index contributed by atoms with van der Waals surface area (Å²) in [6, 6.07) is 9.67. The summed E-state index contributed by atoms with van der Waals surface area (Å²) < 4.78 is 5.38. The fraction of sp³-hybridized carbons (Fsp3) is 0.143. The third-order valence-corrected chi connectivity index (χ3v) is 2.70. The first-order chi connectivity index (χ1) is 10.1. The Labute approximate surface area is 120 Å². The van der Waals surface area contributed by atoms with Gasteiger partial charge in [0.05, 0.1) is 10.5 Å². The topological polar surface area (TPSA) is 109 Å². The quantitative estimate of drug-likeness (QED) is 0.666. The van der Waals surface area contributed by atoms with E-state index in [0.717, 1.165) is 11.6 Å². The zero-order valence-electron chi connectivity index (χ0n) is 10.9. The maximum absolute atomic E-state index is 11.0. The van der Waals surface area contributed by atoms with E-state index in [0.29, 0.717) is 12.2 Å². The standard InChI is InChI=1S/C14H11N3O4/c15-8-11-7-13(17(19)20)14(16-9-11)21-12-3-1-10(2-4-12)5-6-18/h1-4,7,9,18H,5-6H2. The minimum Gasteiger partial charge on any atom is -0.434 e. The van der Waals surface area contributed by atoms with Crippen molar-refractivity contribution in [2.45, 2.75) is 6.42 Å². The summed E-state index contributed by atoms with van der Waals surface area (Å²) in [5.74, 6) is 0.214. The van der Waals surface area contributed by atoms with Crippen LogP contribution in [-0.4, -0.2) is 21.6 Å². The molecule has 0 atom stereocenters. The molecule has 0 saturated carbocycles. The molecular weight excluding hydrogens is 274 g/mol. The normalized spacial score (nSPS) is 9.90. The molecule has 2 rings (SSSR count). The Bertz CT molecular complexity index is 692. The molecule has 1 N–H and O–H groups in total. The molecular formula is C14H11N3O4. The van der Waals surface area contributed by atoms with E-state index in [1.165, 1.54) is 6.20 Å². The van der Waals surface area contributed by atoms with Crippen LogP contribution in [0.2, 0.25) is 0 Å². The number of aromatic nitrogens is 1. The van der Waals surface area contributed by atoms with Crippen molar-refractivity contribution in [3.8, 4) is 17.7 Å². The summed E-state index contributed by atoms with van der Waals surface area (Å²) in [4.78, 5) is 14.1. The highest BCUT2D eigenvalue weighted by Crippen LogP contribution is 2.29. The minimum absolute atomic E-state index is 0.0445. The van der Waals surface area contributed by atoms with Crippen molar-refractivity contribution in [2.24, 2.45) is 0 Å². The van der Waals surface area contributed by atoms with E-state index in [-0.39, 0.29) is 23.7 Å². The van der Waals surface area contributed by atoms with Gasteiger partial charge in [0.1, 0.15) is 11.8 Å². The highest BCUT2D eigenvalue weighted by Gasteiger charge is 2.18. The average Bonchev–Trinajstić information content (AvgIpc) is 2.49. The predicted octanol–water partition coefficient (Wildman–Crippen LogP) is 2.19. The van der Waals surface area contributed by atoms with Crippen LogP contribution >= 0.6 is 0 Å². The fourth-order valence-electron chi connectivity index (χ4n) is 1.68. The Morgan fingerprint density at radius 2 is 2.10 bits per heavy atom. The molecule has 0 fully saturated rings.